The quantitative estimate of drug-likeness (QED) is 0.147. The second-order valence-electron chi connectivity index (χ2n) is 8.11. The van der Waals surface area contributed by atoms with E-state index in [2.05, 4.69) is 29.8 Å². The van der Waals surface area contributed by atoms with Crippen LogP contribution >= 0.6 is 24.0 Å². The lowest BCUT2D eigenvalue weighted by atomic mass is 9.84. The van der Waals surface area contributed by atoms with Gasteiger partial charge in [-0.15, -0.1) is 24.0 Å². The van der Waals surface area contributed by atoms with E-state index in [1.165, 1.54) is 37.0 Å². The molecular weight excluding hydrogens is 469 g/mol. The molecule has 1 saturated heterocycles. The number of carbonyl (C=O) groups excluding carboxylic acids is 2. The number of halogens is 1. The number of carbonyl (C=O) groups is 2. The molecule has 1 unspecified atom stereocenters. The number of hydrogen-bond donors (Lipinski definition) is 3. The third kappa shape index (κ3) is 5.97. The van der Waals surface area contributed by atoms with Gasteiger partial charge in [-0.1, -0.05) is 26.7 Å². The Bertz CT molecular complexity index is 563. The first kappa shape index (κ1) is 25.0. The van der Waals surface area contributed by atoms with Gasteiger partial charge < -0.3 is 16.0 Å². The Morgan fingerprint density at radius 1 is 1.14 bits per heavy atom. The Balaban J connectivity index is 0.00000392. The largest absolute Gasteiger partial charge is 0.357 e. The fourth-order valence-electron chi connectivity index (χ4n) is 3.97. The van der Waals surface area contributed by atoms with E-state index in [0.717, 1.165) is 19.0 Å². The molecule has 28 heavy (non-hydrogen) atoms. The van der Waals surface area contributed by atoms with Crippen molar-refractivity contribution in [1.29, 1.82) is 0 Å². The Labute approximate surface area is 186 Å². The number of urea groups is 1. The molecular formula is C20H38IN5O2. The zero-order valence-electron chi connectivity index (χ0n) is 17.9. The molecule has 1 atom stereocenters. The molecule has 3 N–H and O–H groups in total. The van der Waals surface area contributed by atoms with Crippen LogP contribution < -0.4 is 16.0 Å². The molecule has 2 fully saturated rings. The molecule has 0 bridgehead atoms. The van der Waals surface area contributed by atoms with Crippen molar-refractivity contribution >= 4 is 41.9 Å². The van der Waals surface area contributed by atoms with Gasteiger partial charge in [-0.3, -0.25) is 14.7 Å². The van der Waals surface area contributed by atoms with E-state index in [1.807, 2.05) is 6.92 Å². The molecule has 2 rings (SSSR count). The third-order valence-electron chi connectivity index (χ3n) is 6.23. The van der Waals surface area contributed by atoms with E-state index in [9.17, 15) is 9.59 Å². The van der Waals surface area contributed by atoms with Crippen molar-refractivity contribution in [2.24, 2.45) is 10.4 Å². The number of amides is 3. The zero-order valence-corrected chi connectivity index (χ0v) is 20.2. The maximum absolute atomic E-state index is 12.4. The lowest BCUT2D eigenvalue weighted by Crippen LogP contribution is -2.43. The van der Waals surface area contributed by atoms with Crippen molar-refractivity contribution in [3.8, 4) is 0 Å². The fourth-order valence-corrected chi connectivity index (χ4v) is 3.97. The van der Waals surface area contributed by atoms with Crippen molar-refractivity contribution in [2.75, 3.05) is 26.2 Å². The van der Waals surface area contributed by atoms with Gasteiger partial charge in [-0.25, -0.2) is 4.79 Å². The van der Waals surface area contributed by atoms with Crippen LogP contribution in [0.1, 0.15) is 72.6 Å². The number of rotatable bonds is 9. The minimum atomic E-state index is -0.753. The third-order valence-corrected chi connectivity index (χ3v) is 6.23. The summed E-state index contributed by atoms with van der Waals surface area (Å²) < 4.78 is 0. The molecule has 8 heteroatoms. The first-order valence-electron chi connectivity index (χ1n) is 10.6. The molecule has 7 nitrogen and oxygen atoms in total. The molecule has 2 aliphatic rings. The predicted octanol–water partition coefficient (Wildman–Crippen LogP) is 3.24. The van der Waals surface area contributed by atoms with Crippen molar-refractivity contribution in [2.45, 2.75) is 78.2 Å². The second-order valence-corrected chi connectivity index (χ2v) is 8.11. The van der Waals surface area contributed by atoms with Gasteiger partial charge in [-0.05, 0) is 51.4 Å². The van der Waals surface area contributed by atoms with Crippen LogP contribution in [0.3, 0.4) is 0 Å². The van der Waals surface area contributed by atoms with Gasteiger partial charge in [0, 0.05) is 26.2 Å². The molecule has 1 aliphatic heterocycles. The first-order valence-corrected chi connectivity index (χ1v) is 10.6. The molecule has 0 radical (unpaired) electrons. The van der Waals surface area contributed by atoms with Gasteiger partial charge in [0.25, 0.3) is 5.91 Å². The van der Waals surface area contributed by atoms with Crippen molar-refractivity contribution < 1.29 is 9.59 Å². The minimum Gasteiger partial charge on any atom is -0.357 e. The summed E-state index contributed by atoms with van der Waals surface area (Å²) in [5, 5.41) is 9.43. The molecule has 1 saturated carbocycles. The molecule has 1 heterocycles. The molecule has 0 spiro atoms. The number of nitrogens with one attached hydrogen (secondary N) is 3. The number of guanidine groups is 1. The van der Waals surface area contributed by atoms with Crippen LogP contribution in [0.15, 0.2) is 4.99 Å². The Morgan fingerprint density at radius 2 is 1.82 bits per heavy atom. The van der Waals surface area contributed by atoms with Crippen LogP contribution in [0.25, 0.3) is 0 Å². The SMILES string of the molecule is CCNC(=NCC1(CC)CCCC1)NCCCN1C(=O)NC(C)(CC)C1=O.I. The summed E-state index contributed by atoms with van der Waals surface area (Å²) in [5.41, 5.74) is -0.385. The maximum atomic E-state index is 12.4. The highest BCUT2D eigenvalue weighted by Gasteiger charge is 2.45. The van der Waals surface area contributed by atoms with Crippen LogP contribution in [0.2, 0.25) is 0 Å². The van der Waals surface area contributed by atoms with Crippen LogP contribution in [-0.2, 0) is 4.79 Å². The summed E-state index contributed by atoms with van der Waals surface area (Å²) in [7, 11) is 0. The average Bonchev–Trinajstić information content (AvgIpc) is 3.22. The summed E-state index contributed by atoms with van der Waals surface area (Å²) in [5.74, 6) is 0.703. The Morgan fingerprint density at radius 3 is 2.36 bits per heavy atom. The van der Waals surface area contributed by atoms with Crippen molar-refractivity contribution in [3.63, 3.8) is 0 Å². The van der Waals surface area contributed by atoms with Gasteiger partial charge in [-0.2, -0.15) is 0 Å². The predicted molar refractivity (Wildman–Crippen MR) is 124 cm³/mol. The number of imide groups is 1. The van der Waals surface area contributed by atoms with Crippen molar-refractivity contribution in [1.82, 2.24) is 20.9 Å². The molecule has 0 aromatic rings. The highest BCUT2D eigenvalue weighted by molar-refractivity contribution is 14.0. The molecule has 0 aromatic carbocycles. The summed E-state index contributed by atoms with van der Waals surface area (Å²) in [4.78, 5) is 30.6. The van der Waals surface area contributed by atoms with Crippen LogP contribution in [-0.4, -0.2) is 54.5 Å². The lowest BCUT2D eigenvalue weighted by Gasteiger charge is -2.25. The van der Waals surface area contributed by atoms with E-state index in [-0.39, 0.29) is 35.9 Å². The fraction of sp³-hybridized carbons (Fsp3) is 0.850. The maximum Gasteiger partial charge on any atom is 0.325 e. The summed E-state index contributed by atoms with van der Waals surface area (Å²) >= 11 is 0. The second kappa shape index (κ2) is 11.2. The smallest absolute Gasteiger partial charge is 0.325 e. The molecule has 0 aromatic heterocycles. The van der Waals surface area contributed by atoms with Gasteiger partial charge in [0.1, 0.15) is 5.54 Å². The normalized spacial score (nSPS) is 24.1. The van der Waals surface area contributed by atoms with Crippen molar-refractivity contribution in [3.05, 3.63) is 0 Å². The highest BCUT2D eigenvalue weighted by Crippen LogP contribution is 2.41. The lowest BCUT2D eigenvalue weighted by molar-refractivity contribution is -0.130. The monoisotopic (exact) mass is 507 g/mol. The topological polar surface area (TPSA) is 85.8 Å². The van der Waals surface area contributed by atoms with Gasteiger partial charge >= 0.3 is 6.03 Å². The molecule has 1 aliphatic carbocycles. The van der Waals surface area contributed by atoms with Gasteiger partial charge in [0.2, 0.25) is 0 Å². The van der Waals surface area contributed by atoms with Crippen LogP contribution in [0, 0.1) is 5.41 Å². The van der Waals surface area contributed by atoms with Gasteiger partial charge in [0.15, 0.2) is 5.96 Å². The first-order chi connectivity index (χ1) is 12.9. The van der Waals surface area contributed by atoms with Crippen LogP contribution in [0.5, 0.6) is 0 Å². The van der Waals surface area contributed by atoms with E-state index >= 15 is 0 Å². The summed E-state index contributed by atoms with van der Waals surface area (Å²) in [6, 6.07) is -0.281. The van der Waals surface area contributed by atoms with Crippen LogP contribution in [0.4, 0.5) is 4.79 Å². The molecule has 162 valence electrons. The summed E-state index contributed by atoms with van der Waals surface area (Å²) in [6.45, 7) is 10.8. The summed E-state index contributed by atoms with van der Waals surface area (Å²) in [6.07, 6.45) is 7.65. The standard InChI is InChI=1S/C20H37N5O2.HI/c1-5-19(4)16(26)25(18(27)24-19)14-10-13-22-17(21-7-3)23-15-20(6-2)11-8-9-12-20;/h5-15H2,1-4H3,(H,24,27)(H2,21,22,23);1H. The minimum absolute atomic E-state index is 0. The molecule has 3 amide bonds. The van der Waals surface area contributed by atoms with E-state index in [0.29, 0.717) is 31.3 Å². The highest BCUT2D eigenvalue weighted by atomic mass is 127. The van der Waals surface area contributed by atoms with E-state index in [1.54, 1.807) is 6.92 Å². The number of aliphatic imine (C=N–C) groups is 1. The Kier molecular flexibility index (Phi) is 10.00. The van der Waals surface area contributed by atoms with E-state index in [4.69, 9.17) is 4.99 Å². The Hall–Kier alpha value is -1.06. The zero-order chi connectivity index (χ0) is 19.9. The average molecular weight is 507 g/mol. The number of hydrogen-bond acceptors (Lipinski definition) is 3. The number of nitrogens with zero attached hydrogens (tertiary/aromatic N) is 2. The van der Waals surface area contributed by atoms with Gasteiger partial charge in [0.05, 0.1) is 0 Å². The van der Waals surface area contributed by atoms with E-state index < -0.39 is 5.54 Å².